The summed E-state index contributed by atoms with van der Waals surface area (Å²) in [5.41, 5.74) is 5.60. The maximum absolute atomic E-state index is 6.06. The number of imidazole rings is 1. The molecule has 3 heterocycles. The highest BCUT2D eigenvalue weighted by molar-refractivity contribution is 6.30. The summed E-state index contributed by atoms with van der Waals surface area (Å²) in [6.45, 7) is 6.49. The van der Waals surface area contributed by atoms with Crippen molar-refractivity contribution >= 4 is 22.8 Å². The highest BCUT2D eigenvalue weighted by Crippen LogP contribution is 2.29. The molecule has 0 aliphatic carbocycles. The zero-order valence-corrected chi connectivity index (χ0v) is 14.9. The Kier molecular flexibility index (Phi) is 3.81. The van der Waals surface area contributed by atoms with Gasteiger partial charge in [0.2, 0.25) is 0 Å². The molecule has 0 aliphatic heterocycles. The van der Waals surface area contributed by atoms with Crippen LogP contribution in [0.5, 0.6) is 0 Å². The quantitative estimate of drug-likeness (QED) is 0.544. The van der Waals surface area contributed by atoms with Gasteiger partial charge in [-0.2, -0.15) is 0 Å². The van der Waals surface area contributed by atoms with E-state index in [1.165, 1.54) is 0 Å². The van der Waals surface area contributed by atoms with Gasteiger partial charge in [0.15, 0.2) is 5.65 Å². The predicted molar refractivity (Wildman–Crippen MR) is 96.6 cm³/mol. The van der Waals surface area contributed by atoms with Crippen LogP contribution in [-0.2, 0) is 6.54 Å². The van der Waals surface area contributed by atoms with Crippen molar-refractivity contribution in [2.24, 2.45) is 0 Å². The van der Waals surface area contributed by atoms with Crippen molar-refractivity contribution in [3.05, 3.63) is 64.4 Å². The van der Waals surface area contributed by atoms with Gasteiger partial charge in [0.25, 0.3) is 0 Å². The first kappa shape index (κ1) is 15.8. The molecule has 0 fully saturated rings. The van der Waals surface area contributed by atoms with Gasteiger partial charge < -0.3 is 9.09 Å². The normalized spacial score (nSPS) is 11.4. The van der Waals surface area contributed by atoms with Gasteiger partial charge in [-0.25, -0.2) is 9.97 Å². The van der Waals surface area contributed by atoms with Crippen molar-refractivity contribution in [1.29, 1.82) is 0 Å². The van der Waals surface area contributed by atoms with Gasteiger partial charge in [-0.15, -0.1) is 0 Å². The number of benzene rings is 1. The van der Waals surface area contributed by atoms with Gasteiger partial charge in [0.1, 0.15) is 11.6 Å². The van der Waals surface area contributed by atoms with E-state index in [4.69, 9.17) is 16.1 Å². The lowest BCUT2D eigenvalue weighted by atomic mass is 10.1. The van der Waals surface area contributed by atoms with E-state index in [2.05, 4.69) is 31.8 Å². The van der Waals surface area contributed by atoms with Crippen LogP contribution in [0.3, 0.4) is 0 Å². The fourth-order valence-electron chi connectivity index (χ4n) is 3.11. The summed E-state index contributed by atoms with van der Waals surface area (Å²) >= 11 is 6.06. The minimum absolute atomic E-state index is 0.606. The first-order valence-electron chi connectivity index (χ1n) is 7.95. The summed E-state index contributed by atoms with van der Waals surface area (Å²) in [6.07, 6.45) is 1.82. The minimum Gasteiger partial charge on any atom is -0.361 e. The molecule has 125 valence electrons. The van der Waals surface area contributed by atoms with Crippen LogP contribution in [0.4, 0.5) is 0 Å². The summed E-state index contributed by atoms with van der Waals surface area (Å²) in [5, 5.41) is 4.64. The van der Waals surface area contributed by atoms with Crippen LogP contribution in [0.25, 0.3) is 22.3 Å². The van der Waals surface area contributed by atoms with Crippen LogP contribution < -0.4 is 0 Å². The Morgan fingerprint density at radius 1 is 1.24 bits per heavy atom. The van der Waals surface area contributed by atoms with Crippen molar-refractivity contribution < 1.29 is 4.52 Å². The van der Waals surface area contributed by atoms with E-state index in [1.54, 1.807) is 0 Å². The highest BCUT2D eigenvalue weighted by Gasteiger charge is 2.15. The van der Waals surface area contributed by atoms with E-state index in [0.29, 0.717) is 11.6 Å². The van der Waals surface area contributed by atoms with E-state index in [1.807, 2.05) is 45.2 Å². The number of aromatic nitrogens is 4. The monoisotopic (exact) mass is 351 g/mol. The summed E-state index contributed by atoms with van der Waals surface area (Å²) < 4.78 is 7.42. The molecule has 5 nitrogen and oxygen atoms in total. The van der Waals surface area contributed by atoms with E-state index in [0.717, 1.165) is 45.1 Å². The third-order valence-electron chi connectivity index (χ3n) is 4.29. The molecule has 25 heavy (non-hydrogen) atoms. The lowest BCUT2D eigenvalue weighted by Crippen LogP contribution is -2.02. The largest absolute Gasteiger partial charge is 0.361 e. The number of rotatable bonds is 3. The summed E-state index contributed by atoms with van der Waals surface area (Å²) in [7, 11) is 0. The second-order valence-corrected chi connectivity index (χ2v) is 6.46. The molecule has 0 atom stereocenters. The molecule has 4 rings (SSSR count). The summed E-state index contributed by atoms with van der Waals surface area (Å²) in [5.74, 6) is 1.69. The van der Waals surface area contributed by atoms with Gasteiger partial charge in [-0.1, -0.05) is 28.9 Å². The average molecular weight is 352 g/mol. The molecule has 1 aromatic carbocycles. The van der Waals surface area contributed by atoms with E-state index in [9.17, 15) is 0 Å². The molecule has 0 saturated heterocycles. The van der Waals surface area contributed by atoms with Crippen molar-refractivity contribution in [3.63, 3.8) is 0 Å². The van der Waals surface area contributed by atoms with Crippen molar-refractivity contribution in [1.82, 2.24) is 19.7 Å². The van der Waals surface area contributed by atoms with E-state index < -0.39 is 0 Å². The molecule has 0 N–H and O–H groups in total. The number of aryl methyl sites for hydroxylation is 3. The molecular formula is C19H16ClN4O. The lowest BCUT2D eigenvalue weighted by Gasteiger charge is -2.08. The lowest BCUT2D eigenvalue weighted by molar-refractivity contribution is 0.393. The van der Waals surface area contributed by atoms with Gasteiger partial charge >= 0.3 is 0 Å². The molecule has 3 aromatic heterocycles. The Morgan fingerprint density at radius 2 is 2.08 bits per heavy atom. The molecule has 0 bridgehead atoms. The highest BCUT2D eigenvalue weighted by atomic mass is 35.5. The molecule has 0 amide bonds. The Hall–Kier alpha value is -2.66. The molecule has 6 heteroatoms. The predicted octanol–water partition coefficient (Wildman–Crippen LogP) is 4.51. The minimum atomic E-state index is 0.606. The summed E-state index contributed by atoms with van der Waals surface area (Å²) in [4.78, 5) is 9.10. The average Bonchev–Trinajstić information content (AvgIpc) is 3.07. The molecule has 0 aliphatic rings. The fourth-order valence-corrected chi connectivity index (χ4v) is 3.31. The number of fused-ring (bicyclic) bond motifs is 1. The van der Waals surface area contributed by atoms with Crippen molar-refractivity contribution in [3.8, 4) is 11.1 Å². The van der Waals surface area contributed by atoms with E-state index >= 15 is 0 Å². The molecule has 0 unspecified atom stereocenters. The Labute approximate surface area is 150 Å². The Morgan fingerprint density at radius 3 is 2.80 bits per heavy atom. The van der Waals surface area contributed by atoms with Crippen LogP contribution in [0.1, 0.15) is 22.8 Å². The van der Waals surface area contributed by atoms with Gasteiger partial charge in [0, 0.05) is 35.0 Å². The number of halogens is 1. The molecule has 0 spiro atoms. The molecule has 1 radical (unpaired) electrons. The smallest absolute Gasteiger partial charge is 0.177 e. The second kappa shape index (κ2) is 6.01. The Balaban J connectivity index is 1.84. The third-order valence-corrected chi connectivity index (χ3v) is 4.51. The zero-order chi connectivity index (χ0) is 17.6. The molecule has 4 aromatic rings. The second-order valence-electron chi connectivity index (χ2n) is 6.06. The Bertz CT molecular complexity index is 1060. The maximum Gasteiger partial charge on any atom is 0.177 e. The molecule has 0 saturated carbocycles. The summed E-state index contributed by atoms with van der Waals surface area (Å²) in [6, 6.07) is 10.8. The zero-order valence-electron chi connectivity index (χ0n) is 14.2. The maximum atomic E-state index is 6.06. The first-order chi connectivity index (χ1) is 12.0. The van der Waals surface area contributed by atoms with Gasteiger partial charge in [-0.3, -0.25) is 0 Å². The number of nitrogens with zero attached hydrogens (tertiary/aromatic N) is 4. The van der Waals surface area contributed by atoms with Gasteiger partial charge in [-0.05, 0) is 38.5 Å². The first-order valence-corrected chi connectivity index (χ1v) is 8.33. The standard InChI is InChI=1S/C19H16ClN4O/c1-11-18(12(2)25-23-11)15-8-17-19(21-9-15)22-13(3)24(17)10-14-5-4-6-16(20)7-14/h4-5,7-9H,10H2,1-3H3. The number of hydrogen-bond donors (Lipinski definition) is 0. The number of pyridine rings is 1. The number of hydrogen-bond acceptors (Lipinski definition) is 4. The van der Waals surface area contributed by atoms with Crippen LogP contribution in [0.2, 0.25) is 5.02 Å². The van der Waals surface area contributed by atoms with Crippen LogP contribution in [0, 0.1) is 26.8 Å². The van der Waals surface area contributed by atoms with Crippen LogP contribution in [0.15, 0.2) is 35.0 Å². The van der Waals surface area contributed by atoms with E-state index in [-0.39, 0.29) is 0 Å². The fraction of sp³-hybridized carbons (Fsp3) is 0.211. The van der Waals surface area contributed by atoms with Crippen molar-refractivity contribution in [2.45, 2.75) is 27.3 Å². The SMILES string of the molecule is Cc1noc(C)c1-c1cnc2nc(C)n(Cc3cc[c]c(Cl)c3)c2c1. The van der Waals surface area contributed by atoms with Crippen LogP contribution in [-0.4, -0.2) is 19.7 Å². The third kappa shape index (κ3) is 2.81. The van der Waals surface area contributed by atoms with Crippen molar-refractivity contribution in [2.75, 3.05) is 0 Å². The van der Waals surface area contributed by atoms with Crippen LogP contribution >= 0.6 is 11.6 Å². The van der Waals surface area contributed by atoms with Gasteiger partial charge in [0.05, 0.1) is 11.2 Å². The topological polar surface area (TPSA) is 56.7 Å². The molecular weight excluding hydrogens is 336 g/mol.